The van der Waals surface area contributed by atoms with E-state index in [4.69, 9.17) is 17.3 Å². The molecule has 11 heteroatoms. The van der Waals surface area contributed by atoms with Crippen LogP contribution in [0, 0.1) is 5.92 Å². The summed E-state index contributed by atoms with van der Waals surface area (Å²) in [5.74, 6) is 0.0230. The van der Waals surface area contributed by atoms with Gasteiger partial charge in [-0.1, -0.05) is 23.7 Å². The summed E-state index contributed by atoms with van der Waals surface area (Å²) in [5, 5.41) is 14.1. The van der Waals surface area contributed by atoms with Gasteiger partial charge in [0.15, 0.2) is 0 Å². The van der Waals surface area contributed by atoms with Crippen molar-refractivity contribution in [1.82, 2.24) is 14.9 Å². The summed E-state index contributed by atoms with van der Waals surface area (Å²) in [6.07, 6.45) is 4.70. The van der Waals surface area contributed by atoms with Gasteiger partial charge in [-0.25, -0.2) is 9.78 Å². The highest BCUT2D eigenvalue weighted by Gasteiger charge is 2.48. The number of nitrogens with zero attached hydrogens (tertiary/aromatic N) is 3. The number of aromatic nitrogens is 2. The minimum absolute atomic E-state index is 0.174. The van der Waals surface area contributed by atoms with E-state index in [9.17, 15) is 19.5 Å². The van der Waals surface area contributed by atoms with E-state index in [1.165, 1.54) is 0 Å². The number of benzene rings is 1. The van der Waals surface area contributed by atoms with Gasteiger partial charge in [-0.3, -0.25) is 14.5 Å². The number of hydrogen-bond donors (Lipinski definition) is 4. The first-order valence-corrected chi connectivity index (χ1v) is 12.3. The number of H-pyrrole nitrogens is 1. The monoisotopic (exact) mass is 508 g/mol. The molecule has 3 aromatic rings. The first-order valence-electron chi connectivity index (χ1n) is 11.9. The van der Waals surface area contributed by atoms with Crippen molar-refractivity contribution >= 4 is 51.9 Å². The molecular formula is C25H25ClN6O4. The molecular weight excluding hydrogens is 484 g/mol. The number of nitrogens with one attached hydrogen (secondary N) is 2. The zero-order valence-electron chi connectivity index (χ0n) is 19.4. The summed E-state index contributed by atoms with van der Waals surface area (Å²) in [7, 11) is 0. The van der Waals surface area contributed by atoms with Gasteiger partial charge in [0.05, 0.1) is 16.2 Å². The highest BCUT2D eigenvalue weighted by Crippen LogP contribution is 2.53. The standard InChI is InChI=1S/C25H25ClN6O4/c26-20-16(10-29-23-19(20)25(12-30-23)5-4-13(8-25)22(27)34)15-9-28-21-14(15)2-1-3-17(21)32-7-6-31(24(35)36)11-18(32)33/h1-3,9-10,13,28H,4-8,11-12H2,(H2,27,34)(H,29,30)(H,35,36). The van der Waals surface area contributed by atoms with Gasteiger partial charge in [-0.2, -0.15) is 0 Å². The number of aromatic amines is 1. The molecule has 1 spiro atoms. The number of pyridine rings is 1. The normalized spacial score (nSPS) is 23.4. The second kappa shape index (κ2) is 8.12. The van der Waals surface area contributed by atoms with E-state index < -0.39 is 6.09 Å². The molecule has 6 rings (SSSR count). The van der Waals surface area contributed by atoms with Gasteiger partial charge in [0.2, 0.25) is 11.8 Å². The number of rotatable bonds is 3. The number of amides is 3. The number of hydrogen-bond acceptors (Lipinski definition) is 5. The first-order chi connectivity index (χ1) is 17.3. The molecule has 5 N–H and O–H groups in total. The van der Waals surface area contributed by atoms with E-state index in [0.717, 1.165) is 51.2 Å². The zero-order chi connectivity index (χ0) is 25.2. The molecule has 3 aliphatic rings. The molecule has 4 heterocycles. The van der Waals surface area contributed by atoms with E-state index in [1.54, 1.807) is 11.1 Å². The minimum atomic E-state index is -1.10. The predicted octanol–water partition coefficient (Wildman–Crippen LogP) is 3.16. The number of para-hydroxylation sites is 1. The van der Waals surface area contributed by atoms with Crippen molar-refractivity contribution in [2.24, 2.45) is 11.7 Å². The number of carboxylic acid groups (broad SMARTS) is 1. The average Bonchev–Trinajstić information content (AvgIpc) is 3.57. The summed E-state index contributed by atoms with van der Waals surface area (Å²) in [6.45, 7) is 1.01. The fourth-order valence-corrected chi connectivity index (χ4v) is 6.51. The van der Waals surface area contributed by atoms with Crippen LogP contribution >= 0.6 is 11.6 Å². The summed E-state index contributed by atoms with van der Waals surface area (Å²) in [6, 6.07) is 5.68. The van der Waals surface area contributed by atoms with Crippen LogP contribution in [0.2, 0.25) is 5.02 Å². The molecule has 2 fully saturated rings. The average molecular weight is 509 g/mol. The Morgan fingerprint density at radius 3 is 2.81 bits per heavy atom. The summed E-state index contributed by atoms with van der Waals surface area (Å²) < 4.78 is 0. The maximum Gasteiger partial charge on any atom is 0.407 e. The van der Waals surface area contributed by atoms with Crippen molar-refractivity contribution in [3.05, 3.63) is 41.2 Å². The lowest BCUT2D eigenvalue weighted by molar-refractivity contribution is -0.122. The van der Waals surface area contributed by atoms with Gasteiger partial charge in [-0.05, 0) is 25.3 Å². The second-order valence-corrected chi connectivity index (χ2v) is 10.2. The molecule has 1 saturated heterocycles. The molecule has 2 unspecified atom stereocenters. The number of halogens is 1. The molecule has 36 heavy (non-hydrogen) atoms. The third-order valence-corrected chi connectivity index (χ3v) is 8.31. The van der Waals surface area contributed by atoms with Crippen LogP contribution in [0.25, 0.3) is 22.0 Å². The molecule has 1 aliphatic carbocycles. The molecule has 186 valence electrons. The van der Waals surface area contributed by atoms with E-state index in [2.05, 4.69) is 15.3 Å². The Morgan fingerprint density at radius 2 is 2.08 bits per heavy atom. The van der Waals surface area contributed by atoms with Crippen LogP contribution in [0.1, 0.15) is 24.8 Å². The number of anilines is 2. The number of carbonyl (C=O) groups is 3. The number of primary amides is 1. The van der Waals surface area contributed by atoms with Crippen LogP contribution < -0.4 is 16.0 Å². The lowest BCUT2D eigenvalue weighted by atomic mass is 9.80. The second-order valence-electron chi connectivity index (χ2n) is 9.84. The third kappa shape index (κ3) is 3.31. The maximum atomic E-state index is 12.8. The Kier molecular flexibility index (Phi) is 5.11. The van der Waals surface area contributed by atoms with Gasteiger partial charge in [-0.15, -0.1) is 0 Å². The van der Waals surface area contributed by atoms with Crippen molar-refractivity contribution in [3.8, 4) is 11.1 Å². The Hall–Kier alpha value is -3.79. The zero-order valence-corrected chi connectivity index (χ0v) is 20.1. The number of fused-ring (bicyclic) bond motifs is 3. The van der Waals surface area contributed by atoms with Crippen molar-refractivity contribution in [3.63, 3.8) is 0 Å². The van der Waals surface area contributed by atoms with E-state index in [-0.39, 0.29) is 42.8 Å². The Bertz CT molecular complexity index is 1440. The fourth-order valence-electron chi connectivity index (χ4n) is 6.07. The van der Waals surface area contributed by atoms with Crippen LogP contribution in [0.3, 0.4) is 0 Å². The Morgan fingerprint density at radius 1 is 1.25 bits per heavy atom. The first kappa shape index (κ1) is 22.7. The highest BCUT2D eigenvalue weighted by molar-refractivity contribution is 6.35. The Labute approximate surface area is 211 Å². The van der Waals surface area contributed by atoms with Gasteiger partial charge >= 0.3 is 6.09 Å². The quantitative estimate of drug-likeness (QED) is 0.427. The highest BCUT2D eigenvalue weighted by atomic mass is 35.5. The molecule has 2 aliphatic heterocycles. The topological polar surface area (TPSA) is 145 Å². The van der Waals surface area contributed by atoms with Crippen LogP contribution in [-0.4, -0.2) is 64.1 Å². The lowest BCUT2D eigenvalue weighted by Gasteiger charge is -2.33. The SMILES string of the molecule is NC(=O)C1CCC2(CNc3ncc(-c4c[nH]c5c(N6CCN(C(=O)O)CC6=O)cccc45)c(Cl)c32)C1. The third-order valence-electron chi connectivity index (χ3n) is 7.92. The van der Waals surface area contributed by atoms with Gasteiger partial charge in [0.1, 0.15) is 12.4 Å². The van der Waals surface area contributed by atoms with Crippen molar-refractivity contribution in [2.75, 3.05) is 36.4 Å². The summed E-state index contributed by atoms with van der Waals surface area (Å²) in [4.78, 5) is 46.6. The van der Waals surface area contributed by atoms with Crippen LogP contribution in [-0.2, 0) is 15.0 Å². The summed E-state index contributed by atoms with van der Waals surface area (Å²) in [5.41, 5.74) is 9.36. The predicted molar refractivity (Wildman–Crippen MR) is 135 cm³/mol. The molecule has 10 nitrogen and oxygen atoms in total. The van der Waals surface area contributed by atoms with Crippen molar-refractivity contribution in [1.29, 1.82) is 0 Å². The molecule has 1 aromatic carbocycles. The van der Waals surface area contributed by atoms with Gasteiger partial charge < -0.3 is 26.0 Å². The maximum absolute atomic E-state index is 12.8. The number of nitrogens with two attached hydrogens (primary N) is 1. The van der Waals surface area contributed by atoms with Gasteiger partial charge in [0, 0.05) is 65.4 Å². The van der Waals surface area contributed by atoms with Crippen LogP contribution in [0.5, 0.6) is 0 Å². The molecule has 2 atom stereocenters. The molecule has 0 bridgehead atoms. The number of carbonyl (C=O) groups excluding carboxylic acids is 2. The molecule has 0 radical (unpaired) electrons. The van der Waals surface area contributed by atoms with Gasteiger partial charge in [0.25, 0.3) is 0 Å². The minimum Gasteiger partial charge on any atom is -0.465 e. The largest absolute Gasteiger partial charge is 0.465 e. The lowest BCUT2D eigenvalue weighted by Crippen LogP contribution is -2.52. The van der Waals surface area contributed by atoms with Crippen LogP contribution in [0.15, 0.2) is 30.6 Å². The van der Waals surface area contributed by atoms with Crippen molar-refractivity contribution < 1.29 is 19.5 Å². The van der Waals surface area contributed by atoms with Crippen LogP contribution in [0.4, 0.5) is 16.3 Å². The number of piperazine rings is 1. The fraction of sp³-hybridized carbons (Fsp3) is 0.360. The molecule has 3 amide bonds. The van der Waals surface area contributed by atoms with E-state index in [0.29, 0.717) is 23.7 Å². The van der Waals surface area contributed by atoms with E-state index in [1.807, 2.05) is 24.4 Å². The van der Waals surface area contributed by atoms with Crippen molar-refractivity contribution in [2.45, 2.75) is 24.7 Å². The van der Waals surface area contributed by atoms with E-state index >= 15 is 0 Å². The molecule has 1 saturated carbocycles. The Balaban J connectivity index is 1.39. The smallest absolute Gasteiger partial charge is 0.407 e. The summed E-state index contributed by atoms with van der Waals surface area (Å²) >= 11 is 7.06. The molecule has 2 aromatic heterocycles.